The van der Waals surface area contributed by atoms with E-state index in [1.165, 1.54) is 4.88 Å². The molecule has 4 aromatic rings. The lowest BCUT2D eigenvalue weighted by Crippen LogP contribution is -2.07. The van der Waals surface area contributed by atoms with Crippen molar-refractivity contribution in [2.45, 2.75) is 13.3 Å². The minimum atomic E-state index is 0.638. The van der Waals surface area contributed by atoms with E-state index in [-0.39, 0.29) is 0 Å². The summed E-state index contributed by atoms with van der Waals surface area (Å²) in [4.78, 5) is 6.76. The minimum absolute atomic E-state index is 0.638. The first-order chi connectivity index (χ1) is 13.2. The largest absolute Gasteiger partial charge is 0.256 e. The molecule has 3 aromatic heterocycles. The number of hydrogen-bond acceptors (Lipinski definition) is 5. The fourth-order valence-corrected chi connectivity index (χ4v) is 3.69. The average molecular weight is 373 g/mol. The number of aromatic nitrogens is 5. The van der Waals surface area contributed by atoms with Gasteiger partial charge in [-0.2, -0.15) is 10.2 Å². The van der Waals surface area contributed by atoms with Crippen LogP contribution in [0.15, 0.2) is 67.0 Å². The van der Waals surface area contributed by atoms with Crippen molar-refractivity contribution >= 4 is 22.2 Å². The van der Waals surface area contributed by atoms with Gasteiger partial charge in [0.15, 0.2) is 5.82 Å². The fraction of sp³-hybridized carbons (Fsp3) is 0.143. The summed E-state index contributed by atoms with van der Waals surface area (Å²) in [6, 6.07) is 18.3. The van der Waals surface area contributed by atoms with Gasteiger partial charge in [0.05, 0.1) is 10.4 Å². The van der Waals surface area contributed by atoms with E-state index in [4.69, 9.17) is 5.10 Å². The number of rotatable bonds is 3. The van der Waals surface area contributed by atoms with Crippen LogP contribution in [-0.4, -0.2) is 25.0 Å². The number of nitrogens with zero attached hydrogens (tertiary/aromatic N) is 5. The summed E-state index contributed by atoms with van der Waals surface area (Å²) in [5, 5.41) is 14.4. The van der Waals surface area contributed by atoms with Crippen LogP contribution in [-0.2, 0) is 13.5 Å². The molecule has 0 aliphatic carbocycles. The van der Waals surface area contributed by atoms with Crippen LogP contribution in [0.1, 0.15) is 16.3 Å². The summed E-state index contributed by atoms with van der Waals surface area (Å²) in [7, 11) is 1.91. The van der Waals surface area contributed by atoms with E-state index in [0.717, 1.165) is 32.9 Å². The van der Waals surface area contributed by atoms with Gasteiger partial charge in [-0.25, -0.2) is 0 Å². The van der Waals surface area contributed by atoms with E-state index in [1.54, 1.807) is 17.5 Å². The van der Waals surface area contributed by atoms with Crippen LogP contribution < -0.4 is 0 Å². The minimum Gasteiger partial charge on any atom is -0.256 e. The first-order valence-electron chi connectivity index (χ1n) is 8.68. The molecule has 6 heteroatoms. The van der Waals surface area contributed by atoms with Gasteiger partial charge in [0.25, 0.3) is 0 Å². The number of thiophene rings is 1. The lowest BCUT2D eigenvalue weighted by atomic mass is 10.1. The maximum absolute atomic E-state index is 4.77. The Hall–Kier alpha value is -3.12. The Labute approximate surface area is 161 Å². The molecule has 0 atom stereocenters. The van der Waals surface area contributed by atoms with Crippen molar-refractivity contribution in [3.63, 3.8) is 0 Å². The van der Waals surface area contributed by atoms with Crippen molar-refractivity contribution < 1.29 is 0 Å². The molecular weight excluding hydrogens is 354 g/mol. The maximum atomic E-state index is 4.77. The number of pyridine rings is 1. The summed E-state index contributed by atoms with van der Waals surface area (Å²) in [6.45, 7) is 2.10. The molecule has 134 valence electrons. The Bertz CT molecular complexity index is 1140. The van der Waals surface area contributed by atoms with Crippen molar-refractivity contribution in [2.24, 2.45) is 7.05 Å². The first kappa shape index (κ1) is 17.3. The number of benzene rings is 1. The fourth-order valence-electron chi connectivity index (χ4n) is 2.86. The topological polar surface area (TPSA) is 56.5 Å². The third-order valence-electron chi connectivity index (χ3n) is 4.23. The van der Waals surface area contributed by atoms with Gasteiger partial charge in [0, 0.05) is 36.1 Å². The van der Waals surface area contributed by atoms with Gasteiger partial charge in [0.2, 0.25) is 0 Å². The second-order valence-electron chi connectivity index (χ2n) is 6.27. The highest BCUT2D eigenvalue weighted by Gasteiger charge is 2.05. The predicted molar refractivity (Wildman–Crippen MR) is 109 cm³/mol. The Morgan fingerprint density at radius 1 is 1.00 bits per heavy atom. The van der Waals surface area contributed by atoms with Crippen molar-refractivity contribution in [1.82, 2.24) is 25.0 Å². The standard InChI is InChI=1S/C21H19N5S/c1-15-7-10-20(27-15)19-6-4-12-23-24-21(26(2)25-19)14-16-8-9-18-17(13-16)5-3-11-22-18/h3-13H,14H2,1-2H3. The van der Waals surface area contributed by atoms with E-state index in [1.807, 2.05) is 42.2 Å². The van der Waals surface area contributed by atoms with Crippen molar-refractivity contribution in [3.8, 4) is 10.6 Å². The zero-order chi connectivity index (χ0) is 18.6. The lowest BCUT2D eigenvalue weighted by molar-refractivity contribution is 0.663. The molecule has 1 aromatic carbocycles. The van der Waals surface area contributed by atoms with Crippen LogP contribution in [0.3, 0.4) is 0 Å². The Morgan fingerprint density at radius 3 is 2.74 bits per heavy atom. The van der Waals surface area contributed by atoms with Crippen LogP contribution in [0.25, 0.3) is 21.5 Å². The number of fused-ring (bicyclic) bond motifs is 1. The second-order valence-corrected chi connectivity index (χ2v) is 7.55. The highest BCUT2D eigenvalue weighted by molar-refractivity contribution is 7.15. The highest BCUT2D eigenvalue weighted by Crippen LogP contribution is 2.25. The normalized spacial score (nSPS) is 10.7. The molecule has 3 heterocycles. The summed E-state index contributed by atoms with van der Waals surface area (Å²) >= 11 is 1.73. The highest BCUT2D eigenvalue weighted by atomic mass is 32.1. The molecule has 0 radical (unpaired) electrons. The average Bonchev–Trinajstić information content (AvgIpc) is 3.13. The number of hydrogen-bond donors (Lipinski definition) is 0. The van der Waals surface area contributed by atoms with Gasteiger partial charge in [0.1, 0.15) is 5.69 Å². The monoisotopic (exact) mass is 373 g/mol. The van der Waals surface area contributed by atoms with Crippen molar-refractivity contribution in [3.05, 3.63) is 83.3 Å². The summed E-state index contributed by atoms with van der Waals surface area (Å²) < 4.78 is 1.81. The van der Waals surface area contributed by atoms with Gasteiger partial charge in [-0.15, -0.1) is 16.4 Å². The van der Waals surface area contributed by atoms with Crippen LogP contribution in [0.2, 0.25) is 0 Å². The van der Waals surface area contributed by atoms with E-state index in [0.29, 0.717) is 6.42 Å². The molecular formula is C21H19N5S. The van der Waals surface area contributed by atoms with Crippen molar-refractivity contribution in [2.75, 3.05) is 0 Å². The molecule has 0 aliphatic heterocycles. The Balaban J connectivity index is 1.76. The van der Waals surface area contributed by atoms with Gasteiger partial charge in [-0.3, -0.25) is 9.67 Å². The number of aryl methyl sites for hydroxylation is 2. The molecule has 27 heavy (non-hydrogen) atoms. The molecule has 0 spiro atoms. The van der Waals surface area contributed by atoms with Crippen LogP contribution in [0.4, 0.5) is 0 Å². The smallest absolute Gasteiger partial charge is 0.151 e. The molecule has 0 saturated carbocycles. The third-order valence-corrected chi connectivity index (χ3v) is 5.26. The van der Waals surface area contributed by atoms with Gasteiger partial charge >= 0.3 is 0 Å². The molecule has 0 bridgehead atoms. The Morgan fingerprint density at radius 2 is 1.89 bits per heavy atom. The summed E-state index contributed by atoms with van der Waals surface area (Å²) in [5.74, 6) is 0.781. The lowest BCUT2D eigenvalue weighted by Gasteiger charge is -2.06. The quantitative estimate of drug-likeness (QED) is 0.530. The van der Waals surface area contributed by atoms with Gasteiger partial charge in [-0.1, -0.05) is 12.1 Å². The molecule has 0 N–H and O–H groups in total. The van der Waals surface area contributed by atoms with Crippen molar-refractivity contribution in [1.29, 1.82) is 0 Å². The van der Waals surface area contributed by atoms with Crippen LogP contribution in [0, 0.1) is 6.92 Å². The van der Waals surface area contributed by atoms with E-state index in [9.17, 15) is 0 Å². The second kappa shape index (κ2) is 7.63. The first-order valence-corrected chi connectivity index (χ1v) is 9.50. The van der Waals surface area contributed by atoms with Crippen LogP contribution >= 0.6 is 11.3 Å². The maximum Gasteiger partial charge on any atom is 0.151 e. The van der Waals surface area contributed by atoms with E-state index < -0.39 is 0 Å². The summed E-state index contributed by atoms with van der Waals surface area (Å²) in [5.41, 5.74) is 3.04. The zero-order valence-electron chi connectivity index (χ0n) is 15.2. The zero-order valence-corrected chi connectivity index (χ0v) is 16.0. The molecule has 0 unspecified atom stereocenters. The van der Waals surface area contributed by atoms with E-state index in [2.05, 4.69) is 52.4 Å². The summed E-state index contributed by atoms with van der Waals surface area (Å²) in [6.07, 6.45) is 4.14. The predicted octanol–water partition coefficient (Wildman–Crippen LogP) is 4.51. The molecule has 0 aliphatic rings. The van der Waals surface area contributed by atoms with Gasteiger partial charge in [-0.05, 0) is 55.0 Å². The third kappa shape index (κ3) is 4.01. The molecule has 0 fully saturated rings. The molecule has 0 amide bonds. The molecule has 5 nitrogen and oxygen atoms in total. The SMILES string of the molecule is Cc1ccc(-c2cccnnc(Cc3ccc4ncccc4c3)n(C)n2)s1. The molecule has 4 rings (SSSR count). The van der Waals surface area contributed by atoms with Crippen LogP contribution in [0.5, 0.6) is 0 Å². The Kier molecular flexibility index (Phi) is 4.89. The van der Waals surface area contributed by atoms with E-state index >= 15 is 0 Å². The molecule has 0 saturated heterocycles. The van der Waals surface area contributed by atoms with Gasteiger partial charge < -0.3 is 0 Å².